The van der Waals surface area contributed by atoms with Gasteiger partial charge in [0.25, 0.3) is 0 Å². The molecule has 0 radical (unpaired) electrons. The molecule has 0 fully saturated rings. The van der Waals surface area contributed by atoms with Gasteiger partial charge in [-0.1, -0.05) is 19.4 Å². The quantitative estimate of drug-likeness (QED) is 0.792. The van der Waals surface area contributed by atoms with E-state index in [0.717, 1.165) is 18.4 Å². The molecule has 0 bridgehead atoms. The molecule has 0 amide bonds. The van der Waals surface area contributed by atoms with Gasteiger partial charge in [0.15, 0.2) is 0 Å². The van der Waals surface area contributed by atoms with E-state index >= 15 is 0 Å². The van der Waals surface area contributed by atoms with Crippen LogP contribution in [0.3, 0.4) is 0 Å². The first-order valence-corrected chi connectivity index (χ1v) is 6.69. The minimum absolute atomic E-state index is 0.0185. The van der Waals surface area contributed by atoms with Crippen LogP contribution in [0.15, 0.2) is 18.2 Å². The summed E-state index contributed by atoms with van der Waals surface area (Å²) in [6.45, 7) is 2.04. The molecule has 4 heteroatoms. The SMILES string of the molecule is CCCCS(=O)Cc1ccc(F)c(C#N)c1. The van der Waals surface area contributed by atoms with Crippen molar-refractivity contribution >= 4 is 10.8 Å². The van der Waals surface area contributed by atoms with Gasteiger partial charge in [-0.15, -0.1) is 0 Å². The number of nitriles is 1. The van der Waals surface area contributed by atoms with Crippen LogP contribution in [0.1, 0.15) is 30.9 Å². The molecule has 0 heterocycles. The fourth-order valence-electron chi connectivity index (χ4n) is 1.31. The molecule has 0 aliphatic carbocycles. The van der Waals surface area contributed by atoms with Crippen molar-refractivity contribution < 1.29 is 8.60 Å². The number of hydrogen-bond donors (Lipinski definition) is 0. The summed E-state index contributed by atoms with van der Waals surface area (Å²) in [5.41, 5.74) is 0.775. The Bertz CT molecular complexity index is 426. The minimum Gasteiger partial charge on any atom is -0.259 e. The fourth-order valence-corrected chi connectivity index (χ4v) is 2.62. The lowest BCUT2D eigenvalue weighted by molar-refractivity contribution is 0.623. The van der Waals surface area contributed by atoms with Crippen LogP contribution in [-0.4, -0.2) is 9.96 Å². The summed E-state index contributed by atoms with van der Waals surface area (Å²) in [5, 5.41) is 8.65. The van der Waals surface area contributed by atoms with E-state index in [1.165, 1.54) is 12.1 Å². The zero-order valence-corrected chi connectivity index (χ0v) is 10.0. The van der Waals surface area contributed by atoms with Crippen LogP contribution < -0.4 is 0 Å². The lowest BCUT2D eigenvalue weighted by Gasteiger charge is -2.02. The predicted molar refractivity (Wildman–Crippen MR) is 62.7 cm³/mol. The highest BCUT2D eigenvalue weighted by atomic mass is 32.2. The second-order valence-electron chi connectivity index (χ2n) is 3.57. The molecule has 0 saturated heterocycles. The first kappa shape index (κ1) is 12.9. The van der Waals surface area contributed by atoms with E-state index in [-0.39, 0.29) is 5.56 Å². The van der Waals surface area contributed by atoms with Crippen molar-refractivity contribution in [2.45, 2.75) is 25.5 Å². The molecule has 1 atom stereocenters. The van der Waals surface area contributed by atoms with Gasteiger partial charge >= 0.3 is 0 Å². The number of rotatable bonds is 5. The molecule has 0 spiro atoms. The Hall–Kier alpha value is -1.21. The van der Waals surface area contributed by atoms with Crippen LogP contribution in [0.4, 0.5) is 4.39 Å². The number of nitrogens with zero attached hydrogens (tertiary/aromatic N) is 1. The molecule has 2 nitrogen and oxygen atoms in total. The van der Waals surface area contributed by atoms with Crippen molar-refractivity contribution in [2.75, 3.05) is 5.75 Å². The van der Waals surface area contributed by atoms with Gasteiger partial charge in [-0.2, -0.15) is 5.26 Å². The van der Waals surface area contributed by atoms with Gasteiger partial charge in [0.2, 0.25) is 0 Å². The first-order valence-electron chi connectivity index (χ1n) is 5.21. The number of hydrogen-bond acceptors (Lipinski definition) is 2. The van der Waals surface area contributed by atoms with E-state index in [4.69, 9.17) is 5.26 Å². The molecule has 0 N–H and O–H groups in total. The maximum atomic E-state index is 13.0. The summed E-state index contributed by atoms with van der Waals surface area (Å²) in [6, 6.07) is 6.09. The minimum atomic E-state index is -0.920. The number of halogens is 1. The summed E-state index contributed by atoms with van der Waals surface area (Å²) in [4.78, 5) is 0. The third-order valence-electron chi connectivity index (χ3n) is 2.20. The first-order chi connectivity index (χ1) is 7.67. The van der Waals surface area contributed by atoms with Gasteiger partial charge < -0.3 is 0 Å². The highest BCUT2D eigenvalue weighted by molar-refractivity contribution is 7.84. The van der Waals surface area contributed by atoms with Gasteiger partial charge in [0.1, 0.15) is 11.9 Å². The Morgan fingerprint density at radius 3 is 2.88 bits per heavy atom. The van der Waals surface area contributed by atoms with Crippen LogP contribution in [0.2, 0.25) is 0 Å². The summed E-state index contributed by atoms with van der Waals surface area (Å²) < 4.78 is 24.6. The summed E-state index contributed by atoms with van der Waals surface area (Å²) >= 11 is 0. The summed E-state index contributed by atoms with van der Waals surface area (Å²) in [6.07, 6.45) is 1.94. The van der Waals surface area contributed by atoms with Gasteiger partial charge in [0.05, 0.1) is 5.56 Å². The molecule has 0 saturated carbocycles. The van der Waals surface area contributed by atoms with E-state index in [9.17, 15) is 8.60 Å². The molecule has 16 heavy (non-hydrogen) atoms. The Labute approximate surface area is 97.6 Å². The van der Waals surface area contributed by atoms with Crippen LogP contribution in [0.5, 0.6) is 0 Å². The highest BCUT2D eigenvalue weighted by Gasteiger charge is 2.05. The maximum Gasteiger partial charge on any atom is 0.140 e. The Kier molecular flexibility index (Phi) is 5.13. The van der Waals surface area contributed by atoms with Crippen LogP contribution in [0.25, 0.3) is 0 Å². The van der Waals surface area contributed by atoms with Gasteiger partial charge in [-0.3, -0.25) is 4.21 Å². The smallest absolute Gasteiger partial charge is 0.140 e. The number of unbranched alkanes of at least 4 members (excludes halogenated alkanes) is 1. The third kappa shape index (κ3) is 3.74. The van der Waals surface area contributed by atoms with Crippen molar-refractivity contribution in [3.63, 3.8) is 0 Å². The van der Waals surface area contributed by atoms with Crippen molar-refractivity contribution in [3.05, 3.63) is 35.1 Å². The molecule has 0 aromatic heterocycles. The molecular weight excluding hydrogens is 225 g/mol. The van der Waals surface area contributed by atoms with Crippen molar-refractivity contribution in [1.29, 1.82) is 5.26 Å². The number of benzene rings is 1. The van der Waals surface area contributed by atoms with Crippen LogP contribution in [0, 0.1) is 17.1 Å². The average Bonchev–Trinajstić information content (AvgIpc) is 2.29. The second kappa shape index (κ2) is 6.39. The Morgan fingerprint density at radius 1 is 1.50 bits per heavy atom. The van der Waals surface area contributed by atoms with Crippen molar-refractivity contribution in [3.8, 4) is 6.07 Å². The van der Waals surface area contributed by atoms with Crippen LogP contribution in [-0.2, 0) is 16.6 Å². The highest BCUT2D eigenvalue weighted by Crippen LogP contribution is 2.11. The van der Waals surface area contributed by atoms with Gasteiger partial charge in [-0.05, 0) is 24.1 Å². The molecule has 0 aliphatic rings. The lowest BCUT2D eigenvalue weighted by atomic mass is 10.1. The average molecular weight is 239 g/mol. The monoisotopic (exact) mass is 239 g/mol. The molecule has 1 aromatic rings. The fraction of sp³-hybridized carbons (Fsp3) is 0.417. The van der Waals surface area contributed by atoms with E-state index < -0.39 is 16.6 Å². The third-order valence-corrected chi connectivity index (χ3v) is 3.60. The molecule has 1 unspecified atom stereocenters. The molecule has 1 rings (SSSR count). The van der Waals surface area contributed by atoms with Gasteiger partial charge in [-0.25, -0.2) is 4.39 Å². The molecule has 86 valence electrons. The van der Waals surface area contributed by atoms with Crippen molar-refractivity contribution in [1.82, 2.24) is 0 Å². The van der Waals surface area contributed by atoms with Crippen LogP contribution >= 0.6 is 0 Å². The summed E-state index contributed by atoms with van der Waals surface area (Å²) in [5.74, 6) is 0.538. The van der Waals surface area contributed by atoms with E-state index in [1.54, 1.807) is 12.1 Å². The van der Waals surface area contributed by atoms with E-state index in [2.05, 4.69) is 0 Å². The second-order valence-corrected chi connectivity index (χ2v) is 5.14. The van der Waals surface area contributed by atoms with Crippen molar-refractivity contribution in [2.24, 2.45) is 0 Å². The topological polar surface area (TPSA) is 40.9 Å². The zero-order chi connectivity index (χ0) is 12.0. The van der Waals surface area contributed by atoms with Gasteiger partial charge in [0, 0.05) is 22.3 Å². The standard InChI is InChI=1S/C12H14FNOS/c1-2-3-6-16(15)9-10-4-5-12(13)11(7-10)8-14/h4-5,7H,2-3,6,9H2,1H3. The van der Waals surface area contributed by atoms with E-state index in [0.29, 0.717) is 11.5 Å². The zero-order valence-electron chi connectivity index (χ0n) is 9.20. The predicted octanol–water partition coefficient (Wildman–Crippen LogP) is 2.75. The van der Waals surface area contributed by atoms with E-state index in [1.807, 2.05) is 6.92 Å². The molecular formula is C12H14FNOS. The molecule has 1 aromatic carbocycles. The maximum absolute atomic E-state index is 13.0. The Morgan fingerprint density at radius 2 is 2.25 bits per heavy atom. The largest absolute Gasteiger partial charge is 0.259 e. The normalized spacial score (nSPS) is 12.1. The summed E-state index contributed by atoms with van der Waals surface area (Å²) in [7, 11) is -0.920. The lowest BCUT2D eigenvalue weighted by Crippen LogP contribution is -2.01. The Balaban J connectivity index is 2.68. The molecule has 0 aliphatic heterocycles.